The molecule has 0 heterocycles. The summed E-state index contributed by atoms with van der Waals surface area (Å²) in [5.41, 5.74) is 1.21. The van der Waals surface area contributed by atoms with Gasteiger partial charge in [-0.15, -0.1) is 5.92 Å². The molecule has 0 unspecified atom stereocenters. The first-order valence-corrected chi connectivity index (χ1v) is 5.53. The third-order valence-electron chi connectivity index (χ3n) is 2.35. The highest BCUT2D eigenvalue weighted by Gasteiger charge is 2.02. The maximum atomic E-state index is 3.62. The minimum atomic E-state index is 0.745. The Balaban J connectivity index is 2.58. The normalized spacial score (nSPS) is 9.73. The smallest absolute Gasteiger partial charge is 0.0351 e. The molecule has 0 bridgehead atoms. The molecule has 0 amide bonds. The van der Waals surface area contributed by atoms with Gasteiger partial charge in [-0.3, -0.25) is 0 Å². The molecule has 2 rings (SSSR count). The van der Waals surface area contributed by atoms with Crippen LogP contribution in [0.5, 0.6) is 0 Å². The quantitative estimate of drug-likeness (QED) is 0.678. The van der Waals surface area contributed by atoms with Crippen LogP contribution in [0.3, 0.4) is 0 Å². The number of halogens is 1. The SMILES string of the molecule is [CH2]C#CCc1ccc2ccccc2c1Br. The van der Waals surface area contributed by atoms with Gasteiger partial charge in [0.25, 0.3) is 0 Å². The summed E-state index contributed by atoms with van der Waals surface area (Å²) in [5.74, 6) is 5.65. The van der Waals surface area contributed by atoms with E-state index in [1.54, 1.807) is 0 Å². The summed E-state index contributed by atoms with van der Waals surface area (Å²) in [6.45, 7) is 3.52. The van der Waals surface area contributed by atoms with Gasteiger partial charge in [0.1, 0.15) is 0 Å². The van der Waals surface area contributed by atoms with E-state index < -0.39 is 0 Å². The van der Waals surface area contributed by atoms with Crippen LogP contribution < -0.4 is 0 Å². The first kappa shape index (κ1) is 10.3. The molecular weight excluding hydrogens is 248 g/mol. The average Bonchev–Trinajstić information content (AvgIpc) is 2.29. The van der Waals surface area contributed by atoms with E-state index in [9.17, 15) is 0 Å². The zero-order chi connectivity index (χ0) is 10.7. The Labute approximate surface area is 98.4 Å². The van der Waals surface area contributed by atoms with Gasteiger partial charge in [-0.05, 0) is 32.3 Å². The summed E-state index contributed by atoms with van der Waals surface area (Å²) < 4.78 is 1.14. The van der Waals surface area contributed by atoms with Crippen molar-refractivity contribution < 1.29 is 0 Å². The Morgan fingerprint density at radius 3 is 2.73 bits per heavy atom. The second-order valence-electron chi connectivity index (χ2n) is 3.29. The summed E-state index contributed by atoms with van der Waals surface area (Å²) in [6.07, 6.45) is 0.745. The lowest BCUT2D eigenvalue weighted by Crippen LogP contribution is -1.85. The molecule has 0 N–H and O–H groups in total. The fourth-order valence-electron chi connectivity index (χ4n) is 1.57. The highest BCUT2D eigenvalue weighted by Crippen LogP contribution is 2.27. The molecule has 15 heavy (non-hydrogen) atoms. The average molecular weight is 258 g/mol. The predicted octanol–water partition coefficient (Wildman–Crippen LogP) is 3.98. The molecule has 2 aromatic carbocycles. The van der Waals surface area contributed by atoms with E-state index in [0.29, 0.717) is 0 Å². The summed E-state index contributed by atoms with van der Waals surface area (Å²) in [5, 5.41) is 2.48. The highest BCUT2D eigenvalue weighted by atomic mass is 79.9. The Bertz CT molecular complexity index is 544. The van der Waals surface area contributed by atoms with E-state index >= 15 is 0 Å². The van der Waals surface area contributed by atoms with Crippen molar-refractivity contribution in [1.29, 1.82) is 0 Å². The van der Waals surface area contributed by atoms with E-state index in [4.69, 9.17) is 0 Å². The van der Waals surface area contributed by atoms with Crippen LogP contribution in [-0.2, 0) is 6.42 Å². The summed E-state index contributed by atoms with van der Waals surface area (Å²) in [4.78, 5) is 0. The standard InChI is InChI=1S/C14H10Br/c1-2-3-6-12-10-9-11-7-4-5-8-13(11)14(12)15/h4-5,7-10H,1,6H2. The van der Waals surface area contributed by atoms with E-state index in [2.05, 4.69) is 59.0 Å². The molecule has 0 aromatic heterocycles. The third kappa shape index (κ3) is 2.06. The van der Waals surface area contributed by atoms with Crippen molar-refractivity contribution in [2.75, 3.05) is 0 Å². The molecule has 0 nitrogen and oxygen atoms in total. The Hall–Kier alpha value is -1.26. The van der Waals surface area contributed by atoms with Crippen LogP contribution in [0.4, 0.5) is 0 Å². The van der Waals surface area contributed by atoms with Gasteiger partial charge in [0.05, 0.1) is 0 Å². The molecule has 0 fully saturated rings. The lowest BCUT2D eigenvalue weighted by Gasteiger charge is -2.04. The van der Waals surface area contributed by atoms with Gasteiger partial charge in [0.15, 0.2) is 0 Å². The second-order valence-corrected chi connectivity index (χ2v) is 4.08. The van der Waals surface area contributed by atoms with Crippen LogP contribution in [0.1, 0.15) is 5.56 Å². The lowest BCUT2D eigenvalue weighted by molar-refractivity contribution is 1.31. The maximum Gasteiger partial charge on any atom is 0.0351 e. The van der Waals surface area contributed by atoms with Crippen molar-refractivity contribution in [2.45, 2.75) is 6.42 Å². The van der Waals surface area contributed by atoms with Crippen molar-refractivity contribution in [3.8, 4) is 11.8 Å². The van der Waals surface area contributed by atoms with Gasteiger partial charge in [-0.1, -0.05) is 42.3 Å². The van der Waals surface area contributed by atoms with Crippen molar-refractivity contribution in [3.63, 3.8) is 0 Å². The summed E-state index contributed by atoms with van der Waals surface area (Å²) in [7, 11) is 0. The van der Waals surface area contributed by atoms with Crippen LogP contribution >= 0.6 is 15.9 Å². The fourth-order valence-corrected chi connectivity index (χ4v) is 2.21. The van der Waals surface area contributed by atoms with Gasteiger partial charge < -0.3 is 0 Å². The van der Waals surface area contributed by atoms with E-state index in [1.165, 1.54) is 16.3 Å². The minimum Gasteiger partial charge on any atom is -0.102 e. The van der Waals surface area contributed by atoms with Crippen molar-refractivity contribution >= 4 is 26.7 Å². The van der Waals surface area contributed by atoms with Crippen molar-refractivity contribution in [1.82, 2.24) is 0 Å². The zero-order valence-corrected chi connectivity index (χ0v) is 9.84. The van der Waals surface area contributed by atoms with Crippen LogP contribution in [0.25, 0.3) is 10.8 Å². The minimum absolute atomic E-state index is 0.745. The summed E-state index contributed by atoms with van der Waals surface area (Å²) in [6, 6.07) is 12.5. The first-order chi connectivity index (χ1) is 7.33. The van der Waals surface area contributed by atoms with Crippen LogP contribution in [0, 0.1) is 18.8 Å². The molecule has 0 atom stereocenters. The molecule has 0 spiro atoms. The zero-order valence-electron chi connectivity index (χ0n) is 8.26. The van der Waals surface area contributed by atoms with Crippen molar-refractivity contribution in [2.24, 2.45) is 0 Å². The molecule has 0 saturated heterocycles. The van der Waals surface area contributed by atoms with E-state index in [0.717, 1.165) is 10.9 Å². The van der Waals surface area contributed by atoms with E-state index in [1.807, 2.05) is 12.1 Å². The van der Waals surface area contributed by atoms with Crippen LogP contribution in [-0.4, -0.2) is 0 Å². The second kappa shape index (κ2) is 4.51. The Morgan fingerprint density at radius 1 is 1.13 bits per heavy atom. The molecule has 0 aliphatic heterocycles. The molecule has 1 heteroatoms. The topological polar surface area (TPSA) is 0 Å². The van der Waals surface area contributed by atoms with Gasteiger partial charge in [-0.25, -0.2) is 0 Å². The van der Waals surface area contributed by atoms with Gasteiger partial charge in [0.2, 0.25) is 0 Å². The lowest BCUT2D eigenvalue weighted by atomic mass is 10.1. The van der Waals surface area contributed by atoms with Crippen LogP contribution in [0.15, 0.2) is 40.9 Å². The molecule has 0 saturated carbocycles. The molecule has 1 radical (unpaired) electrons. The van der Waals surface area contributed by atoms with Gasteiger partial charge >= 0.3 is 0 Å². The molecule has 73 valence electrons. The predicted molar refractivity (Wildman–Crippen MR) is 68.5 cm³/mol. The monoisotopic (exact) mass is 257 g/mol. The number of hydrogen-bond acceptors (Lipinski definition) is 0. The number of rotatable bonds is 1. The molecule has 0 aliphatic carbocycles. The molecular formula is C14H10Br. The van der Waals surface area contributed by atoms with Gasteiger partial charge in [-0.2, -0.15) is 0 Å². The van der Waals surface area contributed by atoms with Crippen molar-refractivity contribution in [3.05, 3.63) is 53.4 Å². The Kier molecular flexibility index (Phi) is 3.08. The highest BCUT2D eigenvalue weighted by molar-refractivity contribution is 9.10. The Morgan fingerprint density at radius 2 is 1.93 bits per heavy atom. The number of benzene rings is 2. The van der Waals surface area contributed by atoms with E-state index in [-0.39, 0.29) is 0 Å². The summed E-state index contributed by atoms with van der Waals surface area (Å²) >= 11 is 3.62. The number of hydrogen-bond donors (Lipinski definition) is 0. The molecule has 0 aliphatic rings. The number of fused-ring (bicyclic) bond motifs is 1. The third-order valence-corrected chi connectivity index (χ3v) is 3.28. The largest absolute Gasteiger partial charge is 0.102 e. The van der Waals surface area contributed by atoms with Gasteiger partial charge in [0, 0.05) is 17.8 Å². The maximum absolute atomic E-state index is 3.62. The first-order valence-electron chi connectivity index (χ1n) is 4.74. The molecule has 2 aromatic rings. The fraction of sp³-hybridized carbons (Fsp3) is 0.0714. The van der Waals surface area contributed by atoms with Crippen LogP contribution in [0.2, 0.25) is 0 Å².